The van der Waals surface area contributed by atoms with E-state index in [1.165, 1.54) is 18.1 Å². The van der Waals surface area contributed by atoms with E-state index in [0.717, 1.165) is 12.8 Å². The molecule has 1 spiro atoms. The number of benzene rings is 1. The third-order valence-corrected chi connectivity index (χ3v) is 6.36. The molecule has 3 saturated heterocycles. The Morgan fingerprint density at radius 1 is 1.45 bits per heavy atom. The minimum atomic E-state index is -0.563. The lowest BCUT2D eigenvalue weighted by molar-refractivity contribution is -0.136. The Kier molecular flexibility index (Phi) is 5.58. The number of anilines is 1. The molecule has 1 aromatic heterocycles. The van der Waals surface area contributed by atoms with Crippen molar-refractivity contribution in [3.8, 4) is 11.4 Å². The van der Waals surface area contributed by atoms with E-state index in [0.29, 0.717) is 36.8 Å². The molecule has 2 amide bonds. The summed E-state index contributed by atoms with van der Waals surface area (Å²) in [6.45, 7) is 1.38. The van der Waals surface area contributed by atoms with E-state index in [4.69, 9.17) is 15.2 Å². The second-order valence-corrected chi connectivity index (χ2v) is 7.94. The minimum absolute atomic E-state index is 0. The van der Waals surface area contributed by atoms with Crippen LogP contribution in [0.25, 0.3) is 5.69 Å². The number of tetrazole rings is 1. The van der Waals surface area contributed by atoms with Gasteiger partial charge in [-0.3, -0.25) is 9.59 Å². The third kappa shape index (κ3) is 3.33. The molecule has 166 valence electrons. The summed E-state index contributed by atoms with van der Waals surface area (Å²) in [5.74, 6) is -0.795. The van der Waals surface area contributed by atoms with E-state index in [2.05, 4.69) is 20.8 Å². The highest BCUT2D eigenvalue weighted by atomic mass is 35.5. The fourth-order valence-electron chi connectivity index (χ4n) is 5.11. The molecule has 3 fully saturated rings. The van der Waals surface area contributed by atoms with E-state index in [1.807, 2.05) is 0 Å². The van der Waals surface area contributed by atoms with E-state index in [1.54, 1.807) is 23.1 Å². The van der Waals surface area contributed by atoms with Crippen molar-refractivity contribution >= 4 is 29.9 Å². The number of hydrogen-bond acceptors (Lipinski definition) is 8. The van der Waals surface area contributed by atoms with Crippen LogP contribution in [0.2, 0.25) is 0 Å². The van der Waals surface area contributed by atoms with Crippen LogP contribution in [-0.4, -0.2) is 75.4 Å². The third-order valence-electron chi connectivity index (χ3n) is 6.36. The monoisotopic (exact) mass is 449 g/mol. The molecular formula is C19H24ClN7O4. The topological polar surface area (TPSA) is 137 Å². The van der Waals surface area contributed by atoms with Gasteiger partial charge in [0.2, 0.25) is 11.8 Å². The molecule has 3 aliphatic heterocycles. The number of carbonyl (C=O) groups excluding carboxylic acids is 2. The number of nitrogens with one attached hydrogen (secondary N) is 1. The van der Waals surface area contributed by atoms with Crippen molar-refractivity contribution in [1.29, 1.82) is 0 Å². The van der Waals surface area contributed by atoms with Crippen LogP contribution in [0.15, 0.2) is 24.5 Å². The highest BCUT2D eigenvalue weighted by molar-refractivity contribution is 5.99. The maximum atomic E-state index is 13.3. The lowest BCUT2D eigenvalue weighted by Crippen LogP contribution is -2.43. The van der Waals surface area contributed by atoms with Crippen molar-refractivity contribution in [3.05, 3.63) is 24.5 Å². The summed E-state index contributed by atoms with van der Waals surface area (Å²) < 4.78 is 13.1. The lowest BCUT2D eigenvalue weighted by atomic mass is 9.73. The van der Waals surface area contributed by atoms with Crippen LogP contribution in [0.3, 0.4) is 0 Å². The molecule has 2 bridgehead atoms. The van der Waals surface area contributed by atoms with Crippen LogP contribution in [-0.2, 0) is 14.3 Å². The molecule has 4 heterocycles. The fourth-order valence-corrected chi connectivity index (χ4v) is 5.11. The van der Waals surface area contributed by atoms with Gasteiger partial charge in [0.05, 0.1) is 48.6 Å². The number of amides is 2. The van der Waals surface area contributed by atoms with Gasteiger partial charge < -0.3 is 25.4 Å². The number of likely N-dealkylation sites (tertiary alicyclic amines) is 1. The number of ether oxygens (including phenoxy) is 2. The SMILES string of the molecule is COc1cc(-n2cnnn2)ccc1NC(=O)[C@H]1[C@@H]2CC[C@@]3(CN(CCN)C(=O)[C@@H]13)O2.Cl. The highest BCUT2D eigenvalue weighted by Gasteiger charge is 2.68. The smallest absolute Gasteiger partial charge is 0.231 e. The summed E-state index contributed by atoms with van der Waals surface area (Å²) in [6, 6.07) is 5.24. The Balaban J connectivity index is 0.00000231. The molecule has 0 radical (unpaired) electrons. The van der Waals surface area contributed by atoms with Gasteiger partial charge in [0, 0.05) is 19.2 Å². The minimum Gasteiger partial charge on any atom is -0.494 e. The summed E-state index contributed by atoms with van der Waals surface area (Å²) in [5, 5.41) is 14.0. The molecule has 0 aliphatic carbocycles. The summed E-state index contributed by atoms with van der Waals surface area (Å²) in [6.07, 6.45) is 2.79. The van der Waals surface area contributed by atoms with Crippen LogP contribution in [0.4, 0.5) is 5.69 Å². The first-order valence-corrected chi connectivity index (χ1v) is 9.95. The highest BCUT2D eigenvalue weighted by Crippen LogP contribution is 2.55. The van der Waals surface area contributed by atoms with Crippen molar-refractivity contribution < 1.29 is 19.1 Å². The molecular weight excluding hydrogens is 426 g/mol. The van der Waals surface area contributed by atoms with Gasteiger partial charge in [-0.25, -0.2) is 4.68 Å². The first-order chi connectivity index (χ1) is 14.6. The van der Waals surface area contributed by atoms with Gasteiger partial charge in [-0.2, -0.15) is 0 Å². The number of nitrogens with two attached hydrogens (primary N) is 1. The predicted molar refractivity (Wildman–Crippen MR) is 111 cm³/mol. The quantitative estimate of drug-likeness (QED) is 0.628. The maximum Gasteiger partial charge on any atom is 0.231 e. The van der Waals surface area contributed by atoms with Crippen LogP contribution < -0.4 is 15.8 Å². The van der Waals surface area contributed by atoms with Crippen molar-refractivity contribution in [3.63, 3.8) is 0 Å². The molecule has 2 aromatic rings. The second kappa shape index (κ2) is 8.06. The van der Waals surface area contributed by atoms with E-state index in [9.17, 15) is 9.59 Å². The van der Waals surface area contributed by atoms with Gasteiger partial charge in [-0.1, -0.05) is 0 Å². The zero-order valence-electron chi connectivity index (χ0n) is 16.9. The second-order valence-electron chi connectivity index (χ2n) is 7.94. The van der Waals surface area contributed by atoms with Gasteiger partial charge in [-0.15, -0.1) is 17.5 Å². The number of nitrogens with zero attached hydrogens (tertiary/aromatic N) is 5. The van der Waals surface area contributed by atoms with E-state index >= 15 is 0 Å². The number of hydrogen-bond donors (Lipinski definition) is 2. The van der Waals surface area contributed by atoms with Crippen molar-refractivity contribution in [2.75, 3.05) is 32.1 Å². The number of methoxy groups -OCH3 is 1. The molecule has 5 rings (SSSR count). The van der Waals surface area contributed by atoms with Gasteiger partial charge in [0.1, 0.15) is 12.1 Å². The van der Waals surface area contributed by atoms with E-state index in [-0.39, 0.29) is 30.3 Å². The average Bonchev–Trinajstić information content (AvgIpc) is 3.51. The summed E-state index contributed by atoms with van der Waals surface area (Å²) in [7, 11) is 1.52. The average molecular weight is 450 g/mol. The van der Waals surface area contributed by atoms with Gasteiger partial charge in [0.25, 0.3) is 0 Å². The first kappa shape index (κ1) is 21.5. The van der Waals surface area contributed by atoms with Crippen molar-refractivity contribution in [2.45, 2.75) is 24.5 Å². The van der Waals surface area contributed by atoms with Crippen LogP contribution >= 0.6 is 12.4 Å². The summed E-state index contributed by atoms with van der Waals surface area (Å²) in [4.78, 5) is 28.0. The molecule has 3 N–H and O–H groups in total. The maximum absolute atomic E-state index is 13.3. The zero-order chi connectivity index (χ0) is 20.9. The molecule has 1 aromatic carbocycles. The molecule has 11 nitrogen and oxygen atoms in total. The molecule has 0 unspecified atom stereocenters. The Labute approximate surface area is 184 Å². The largest absolute Gasteiger partial charge is 0.494 e. The fraction of sp³-hybridized carbons (Fsp3) is 0.526. The van der Waals surface area contributed by atoms with Crippen LogP contribution in [0.5, 0.6) is 5.75 Å². The van der Waals surface area contributed by atoms with Crippen molar-refractivity contribution in [2.24, 2.45) is 17.6 Å². The first-order valence-electron chi connectivity index (χ1n) is 9.95. The van der Waals surface area contributed by atoms with Crippen LogP contribution in [0, 0.1) is 11.8 Å². The Hall–Kier alpha value is -2.76. The molecule has 0 saturated carbocycles. The van der Waals surface area contributed by atoms with Gasteiger partial charge >= 0.3 is 0 Å². The molecule has 3 aliphatic rings. The number of halogens is 1. The normalized spacial score (nSPS) is 28.4. The Morgan fingerprint density at radius 2 is 2.29 bits per heavy atom. The summed E-state index contributed by atoms with van der Waals surface area (Å²) >= 11 is 0. The molecule has 12 heteroatoms. The number of aromatic nitrogens is 4. The molecule has 4 atom stereocenters. The Morgan fingerprint density at radius 3 is 3.00 bits per heavy atom. The zero-order valence-corrected chi connectivity index (χ0v) is 17.7. The summed E-state index contributed by atoms with van der Waals surface area (Å²) in [5.41, 5.74) is 6.30. The molecule has 31 heavy (non-hydrogen) atoms. The standard InChI is InChI=1S/C19H23N7O4.ClH/c1-29-14-8-11(26-10-21-23-24-26)2-3-12(14)22-17(27)15-13-4-5-19(30-13)9-25(7-6-20)18(28)16(15)19;/h2-3,8,10,13,15-16H,4-7,9,20H2,1H3,(H,22,27);1H/t13-,15-,16+,19-;/m0./s1. The lowest BCUT2D eigenvalue weighted by Gasteiger charge is -2.27. The number of rotatable bonds is 6. The van der Waals surface area contributed by atoms with Gasteiger partial charge in [0.15, 0.2) is 0 Å². The van der Waals surface area contributed by atoms with Crippen molar-refractivity contribution in [1.82, 2.24) is 25.1 Å². The Bertz CT molecular complexity index is 988. The number of carbonyl (C=O) groups is 2. The van der Waals surface area contributed by atoms with Gasteiger partial charge in [-0.05, 0) is 35.4 Å². The van der Waals surface area contributed by atoms with Crippen LogP contribution in [0.1, 0.15) is 12.8 Å². The predicted octanol–water partition coefficient (Wildman–Crippen LogP) is -0.00410. The number of fused-ring (bicyclic) bond motifs is 1. The van der Waals surface area contributed by atoms with E-state index < -0.39 is 17.4 Å².